The molecule has 0 radical (unpaired) electrons. The molecule has 2 fully saturated rings. The molecule has 118 valence electrons. The summed E-state index contributed by atoms with van der Waals surface area (Å²) in [5, 5.41) is 8.17. The van der Waals surface area contributed by atoms with Crippen LogP contribution in [-0.2, 0) is 6.54 Å². The van der Waals surface area contributed by atoms with Crippen molar-refractivity contribution < 1.29 is 0 Å². The number of rotatable bonds is 4. The first-order valence-corrected chi connectivity index (χ1v) is 8.78. The van der Waals surface area contributed by atoms with Crippen LogP contribution in [0.25, 0.3) is 0 Å². The van der Waals surface area contributed by atoms with Crippen molar-refractivity contribution >= 4 is 0 Å². The van der Waals surface area contributed by atoms with Crippen molar-refractivity contribution in [2.75, 3.05) is 19.6 Å². The lowest BCUT2D eigenvalue weighted by Crippen LogP contribution is -2.45. The van der Waals surface area contributed by atoms with E-state index in [2.05, 4.69) is 33.1 Å². The van der Waals surface area contributed by atoms with E-state index >= 15 is 0 Å². The molecule has 0 bridgehead atoms. The predicted octanol–water partition coefficient (Wildman–Crippen LogP) is 2.52. The second-order valence-corrected chi connectivity index (χ2v) is 6.86. The van der Waals surface area contributed by atoms with Gasteiger partial charge in [0.2, 0.25) is 0 Å². The standard InChI is InChI=1S/C17H30N4/c1-15-8-10-18-17(16-6-3-2-4-7-16)14-20(15)12-13-21-11-5-9-19-21/h5,9,11,15-18H,2-4,6-8,10,12-14H2,1H3. The lowest BCUT2D eigenvalue weighted by molar-refractivity contribution is 0.165. The minimum Gasteiger partial charge on any atom is -0.312 e. The van der Waals surface area contributed by atoms with Crippen LogP contribution in [0.3, 0.4) is 0 Å². The largest absolute Gasteiger partial charge is 0.312 e. The number of aromatic nitrogens is 2. The smallest absolute Gasteiger partial charge is 0.0536 e. The molecular formula is C17H30N4. The van der Waals surface area contributed by atoms with Crippen LogP contribution in [0.1, 0.15) is 45.4 Å². The van der Waals surface area contributed by atoms with E-state index in [-0.39, 0.29) is 0 Å². The molecule has 1 aromatic heterocycles. The van der Waals surface area contributed by atoms with Gasteiger partial charge in [-0.25, -0.2) is 0 Å². The van der Waals surface area contributed by atoms with E-state index in [0.717, 1.165) is 19.0 Å². The third-order valence-electron chi connectivity index (χ3n) is 5.42. The summed E-state index contributed by atoms with van der Waals surface area (Å²) in [6.45, 7) is 6.91. The van der Waals surface area contributed by atoms with Crippen molar-refractivity contribution in [1.29, 1.82) is 0 Å². The molecule has 1 aromatic rings. The van der Waals surface area contributed by atoms with Gasteiger partial charge in [-0.15, -0.1) is 0 Å². The number of hydrogen-bond donors (Lipinski definition) is 1. The molecule has 0 amide bonds. The summed E-state index contributed by atoms with van der Waals surface area (Å²) >= 11 is 0. The topological polar surface area (TPSA) is 33.1 Å². The molecule has 1 saturated carbocycles. The maximum absolute atomic E-state index is 4.33. The molecule has 4 nitrogen and oxygen atoms in total. The average Bonchev–Trinajstić information content (AvgIpc) is 2.97. The molecule has 2 unspecified atom stereocenters. The summed E-state index contributed by atoms with van der Waals surface area (Å²) in [5.74, 6) is 0.899. The fraction of sp³-hybridized carbons (Fsp3) is 0.824. The molecule has 1 saturated heterocycles. The van der Waals surface area contributed by atoms with Crippen LogP contribution in [0.4, 0.5) is 0 Å². The van der Waals surface area contributed by atoms with Crippen molar-refractivity contribution in [3.05, 3.63) is 18.5 Å². The summed E-state index contributed by atoms with van der Waals surface area (Å²) < 4.78 is 2.06. The Labute approximate surface area is 128 Å². The Kier molecular flexibility index (Phi) is 5.31. The zero-order valence-corrected chi connectivity index (χ0v) is 13.4. The van der Waals surface area contributed by atoms with Crippen LogP contribution in [0, 0.1) is 5.92 Å². The summed E-state index contributed by atoms with van der Waals surface area (Å²) in [7, 11) is 0. The highest BCUT2D eigenvalue weighted by molar-refractivity contribution is 4.87. The number of nitrogens with zero attached hydrogens (tertiary/aromatic N) is 3. The monoisotopic (exact) mass is 290 g/mol. The van der Waals surface area contributed by atoms with Gasteiger partial charge in [0.25, 0.3) is 0 Å². The lowest BCUT2D eigenvalue weighted by atomic mass is 9.83. The first-order valence-electron chi connectivity index (χ1n) is 8.78. The van der Waals surface area contributed by atoms with Crippen LogP contribution in [-0.4, -0.2) is 46.4 Å². The van der Waals surface area contributed by atoms with Crippen LogP contribution < -0.4 is 5.32 Å². The number of nitrogens with one attached hydrogen (secondary N) is 1. The Bertz CT molecular complexity index is 397. The quantitative estimate of drug-likeness (QED) is 0.925. The maximum atomic E-state index is 4.33. The molecule has 21 heavy (non-hydrogen) atoms. The summed E-state index contributed by atoms with van der Waals surface area (Å²) in [4.78, 5) is 2.68. The fourth-order valence-electron chi connectivity index (χ4n) is 3.98. The Hall–Kier alpha value is -0.870. The highest BCUT2D eigenvalue weighted by atomic mass is 15.3. The molecule has 3 rings (SSSR count). The number of hydrogen-bond acceptors (Lipinski definition) is 3. The van der Waals surface area contributed by atoms with E-state index in [4.69, 9.17) is 0 Å². The van der Waals surface area contributed by atoms with Crippen LogP contribution in [0.5, 0.6) is 0 Å². The molecule has 1 aliphatic carbocycles. The molecule has 2 aliphatic rings. The lowest BCUT2D eigenvalue weighted by Gasteiger charge is -2.34. The minimum absolute atomic E-state index is 0.682. The zero-order valence-electron chi connectivity index (χ0n) is 13.4. The van der Waals surface area contributed by atoms with Gasteiger partial charge < -0.3 is 5.32 Å². The molecule has 4 heteroatoms. The minimum atomic E-state index is 0.682. The van der Waals surface area contributed by atoms with E-state index < -0.39 is 0 Å². The highest BCUT2D eigenvalue weighted by Gasteiger charge is 2.29. The Balaban J connectivity index is 1.57. The third kappa shape index (κ3) is 4.07. The predicted molar refractivity (Wildman–Crippen MR) is 86.2 cm³/mol. The van der Waals surface area contributed by atoms with Gasteiger partial charge in [0.05, 0.1) is 6.54 Å². The van der Waals surface area contributed by atoms with Gasteiger partial charge in [0, 0.05) is 37.6 Å². The van der Waals surface area contributed by atoms with Crippen LogP contribution in [0.15, 0.2) is 18.5 Å². The van der Waals surface area contributed by atoms with E-state index in [1.807, 2.05) is 12.3 Å². The second-order valence-electron chi connectivity index (χ2n) is 6.86. The van der Waals surface area contributed by atoms with Gasteiger partial charge in [0.1, 0.15) is 0 Å². The van der Waals surface area contributed by atoms with Crippen LogP contribution >= 0.6 is 0 Å². The highest BCUT2D eigenvalue weighted by Crippen LogP contribution is 2.28. The first kappa shape index (κ1) is 15.0. The Morgan fingerprint density at radius 1 is 1.14 bits per heavy atom. The molecule has 0 spiro atoms. The average molecular weight is 290 g/mol. The molecule has 2 atom stereocenters. The van der Waals surface area contributed by atoms with Gasteiger partial charge >= 0.3 is 0 Å². The third-order valence-corrected chi connectivity index (χ3v) is 5.42. The molecule has 1 aliphatic heterocycles. The molecule has 1 N–H and O–H groups in total. The van der Waals surface area contributed by atoms with Gasteiger partial charge in [-0.05, 0) is 44.7 Å². The zero-order chi connectivity index (χ0) is 14.5. The summed E-state index contributed by atoms with van der Waals surface area (Å²) in [6.07, 6.45) is 12.4. The normalized spacial score (nSPS) is 29.4. The second kappa shape index (κ2) is 7.41. The van der Waals surface area contributed by atoms with Gasteiger partial charge in [-0.1, -0.05) is 19.3 Å². The van der Waals surface area contributed by atoms with Crippen LogP contribution in [0.2, 0.25) is 0 Å². The van der Waals surface area contributed by atoms with Gasteiger partial charge in [-0.3, -0.25) is 9.58 Å². The van der Waals surface area contributed by atoms with E-state index in [0.29, 0.717) is 12.1 Å². The van der Waals surface area contributed by atoms with E-state index in [9.17, 15) is 0 Å². The SMILES string of the molecule is CC1CCNC(C2CCCCC2)CN1CCn1cccn1. The first-order chi connectivity index (χ1) is 10.3. The molecular weight excluding hydrogens is 260 g/mol. The van der Waals surface area contributed by atoms with E-state index in [1.165, 1.54) is 51.6 Å². The van der Waals surface area contributed by atoms with E-state index in [1.54, 1.807) is 0 Å². The fourth-order valence-corrected chi connectivity index (χ4v) is 3.98. The van der Waals surface area contributed by atoms with Crippen molar-refractivity contribution in [1.82, 2.24) is 20.0 Å². The van der Waals surface area contributed by atoms with Gasteiger partial charge in [0.15, 0.2) is 0 Å². The molecule has 2 heterocycles. The van der Waals surface area contributed by atoms with Crippen molar-refractivity contribution in [3.63, 3.8) is 0 Å². The van der Waals surface area contributed by atoms with Crippen molar-refractivity contribution in [2.45, 2.75) is 64.1 Å². The maximum Gasteiger partial charge on any atom is 0.0536 e. The van der Waals surface area contributed by atoms with Gasteiger partial charge in [-0.2, -0.15) is 5.10 Å². The van der Waals surface area contributed by atoms with Crippen molar-refractivity contribution in [2.24, 2.45) is 5.92 Å². The summed E-state index contributed by atoms with van der Waals surface area (Å²) in [5.41, 5.74) is 0. The Morgan fingerprint density at radius 2 is 2.00 bits per heavy atom. The van der Waals surface area contributed by atoms with Crippen molar-refractivity contribution in [3.8, 4) is 0 Å². The summed E-state index contributed by atoms with van der Waals surface area (Å²) in [6, 6.07) is 3.40. The Morgan fingerprint density at radius 3 is 2.76 bits per heavy atom. The molecule has 0 aromatic carbocycles.